The Labute approximate surface area is 241 Å². The van der Waals surface area contributed by atoms with Crippen LogP contribution in [0.3, 0.4) is 0 Å². The molecule has 2 aromatic heterocycles. The molecule has 0 bridgehead atoms. The first-order valence-electron chi connectivity index (χ1n) is 12.8. The molecule has 0 aliphatic heterocycles. The quantitative estimate of drug-likeness (QED) is 0.197. The molecule has 206 valence electrons. The van der Waals surface area contributed by atoms with Crippen molar-refractivity contribution >= 4 is 46.5 Å². The number of pyridine rings is 1. The number of carbonyl (C=O) groups is 2. The van der Waals surface area contributed by atoms with Gasteiger partial charge < -0.3 is 16.0 Å². The average molecular weight is 579 g/mol. The van der Waals surface area contributed by atoms with E-state index in [1.807, 2.05) is 42.5 Å². The van der Waals surface area contributed by atoms with E-state index in [9.17, 15) is 14.4 Å². The fraction of sp³-hybridized carbons (Fsp3) is 0.207. The minimum Gasteiger partial charge on any atom is -0.352 e. The predicted octanol–water partition coefficient (Wildman–Crippen LogP) is 6.47. The molecule has 0 unspecified atom stereocenters. The van der Waals surface area contributed by atoms with E-state index in [0.717, 1.165) is 29.5 Å². The highest BCUT2D eigenvalue weighted by Gasteiger charge is 2.15. The van der Waals surface area contributed by atoms with Gasteiger partial charge in [-0.2, -0.15) is 5.10 Å². The van der Waals surface area contributed by atoms with Crippen molar-refractivity contribution in [1.82, 2.24) is 20.1 Å². The molecule has 9 nitrogen and oxygen atoms in total. The normalized spacial score (nSPS) is 10.7. The molecule has 2 heterocycles. The van der Waals surface area contributed by atoms with Crippen LogP contribution in [0.15, 0.2) is 71.8 Å². The number of rotatable bonds is 9. The lowest BCUT2D eigenvalue weighted by Gasteiger charge is -2.13. The molecule has 3 N–H and O–H groups in total. The lowest BCUT2D eigenvalue weighted by atomic mass is 9.99. The SMILES string of the molecule is CCCCNC(=O)c1cccc(-c2cccc(-c3cc(NC(=O)Nc4c(Cl)cncc4Cl)c(=O)n(CC)n3)c2)c1. The Morgan fingerprint density at radius 3 is 2.27 bits per heavy atom. The number of benzene rings is 2. The molecule has 0 fully saturated rings. The van der Waals surface area contributed by atoms with E-state index in [-0.39, 0.29) is 27.3 Å². The molecular weight excluding hydrogens is 551 g/mol. The van der Waals surface area contributed by atoms with Gasteiger partial charge in [0.25, 0.3) is 11.5 Å². The minimum atomic E-state index is -0.699. The van der Waals surface area contributed by atoms with Gasteiger partial charge in [-0.05, 0) is 48.7 Å². The summed E-state index contributed by atoms with van der Waals surface area (Å²) in [4.78, 5) is 42.1. The maximum atomic E-state index is 12.9. The van der Waals surface area contributed by atoms with E-state index in [2.05, 4.69) is 33.0 Å². The van der Waals surface area contributed by atoms with Crippen molar-refractivity contribution in [2.75, 3.05) is 17.2 Å². The number of nitrogens with one attached hydrogen (secondary N) is 3. The van der Waals surface area contributed by atoms with Gasteiger partial charge >= 0.3 is 6.03 Å². The smallest absolute Gasteiger partial charge is 0.323 e. The second-order valence-electron chi connectivity index (χ2n) is 8.89. The van der Waals surface area contributed by atoms with Gasteiger partial charge in [0, 0.05) is 36.6 Å². The third-order valence-corrected chi connectivity index (χ3v) is 6.62. The Kier molecular flexibility index (Phi) is 9.52. The van der Waals surface area contributed by atoms with Gasteiger partial charge in [0.05, 0.1) is 21.4 Å². The lowest BCUT2D eigenvalue weighted by molar-refractivity contribution is 0.0953. The minimum absolute atomic E-state index is 0.0294. The number of aromatic nitrogens is 3. The van der Waals surface area contributed by atoms with Crippen molar-refractivity contribution in [3.8, 4) is 22.4 Å². The van der Waals surface area contributed by atoms with E-state index in [1.54, 1.807) is 13.0 Å². The third-order valence-electron chi connectivity index (χ3n) is 6.05. The largest absolute Gasteiger partial charge is 0.352 e. The van der Waals surface area contributed by atoms with Crippen LogP contribution in [0.4, 0.5) is 16.2 Å². The Bertz CT molecular complexity index is 1580. The van der Waals surface area contributed by atoms with Crippen molar-refractivity contribution in [2.24, 2.45) is 0 Å². The molecule has 11 heteroatoms. The van der Waals surface area contributed by atoms with Crippen LogP contribution in [-0.2, 0) is 6.54 Å². The molecule has 4 rings (SSSR count). The van der Waals surface area contributed by atoms with Crippen LogP contribution in [0.5, 0.6) is 0 Å². The summed E-state index contributed by atoms with van der Waals surface area (Å²) in [6.07, 6.45) is 4.62. The van der Waals surface area contributed by atoms with Crippen LogP contribution in [0.25, 0.3) is 22.4 Å². The molecule has 0 aliphatic rings. The number of hydrogen-bond donors (Lipinski definition) is 3. The molecule has 4 aromatic rings. The molecule has 0 spiro atoms. The first-order valence-corrected chi connectivity index (χ1v) is 13.5. The number of carbonyl (C=O) groups excluding carboxylic acids is 2. The maximum Gasteiger partial charge on any atom is 0.323 e. The summed E-state index contributed by atoms with van der Waals surface area (Å²) in [6.45, 7) is 4.78. The summed E-state index contributed by atoms with van der Waals surface area (Å²) in [5.41, 5.74) is 3.24. The number of hydrogen-bond acceptors (Lipinski definition) is 5. The van der Waals surface area contributed by atoms with Crippen LogP contribution < -0.4 is 21.5 Å². The average Bonchev–Trinajstić information content (AvgIpc) is 2.96. The van der Waals surface area contributed by atoms with Gasteiger partial charge in [0.2, 0.25) is 0 Å². The summed E-state index contributed by atoms with van der Waals surface area (Å²) in [7, 11) is 0. The number of amides is 3. The summed E-state index contributed by atoms with van der Waals surface area (Å²) in [6, 6.07) is 15.8. The number of urea groups is 1. The lowest BCUT2D eigenvalue weighted by Crippen LogP contribution is -2.29. The van der Waals surface area contributed by atoms with Crippen molar-refractivity contribution in [3.05, 3.63) is 93.0 Å². The molecule has 0 saturated carbocycles. The van der Waals surface area contributed by atoms with Gasteiger partial charge in [0.15, 0.2) is 0 Å². The molecule has 3 amide bonds. The maximum absolute atomic E-state index is 12.9. The standard InChI is InChI=1S/C29H28Cl2N6O3/c1-3-5-12-33-27(38)21-11-7-9-19(14-21)18-8-6-10-20(13-18)24-15-25(28(39)37(4-2)36-24)34-29(40)35-26-22(30)16-32-17-23(26)31/h6-11,13-17H,3-5,12H2,1-2H3,(H,33,38)(H2,32,34,35,40). The van der Waals surface area contributed by atoms with Crippen molar-refractivity contribution in [2.45, 2.75) is 33.2 Å². The summed E-state index contributed by atoms with van der Waals surface area (Å²) < 4.78 is 1.27. The summed E-state index contributed by atoms with van der Waals surface area (Å²) in [5.74, 6) is -0.119. The zero-order chi connectivity index (χ0) is 28.6. The van der Waals surface area contributed by atoms with Crippen LogP contribution in [-0.4, -0.2) is 33.2 Å². The molecular formula is C29H28Cl2N6O3. The van der Waals surface area contributed by atoms with E-state index in [1.165, 1.54) is 23.1 Å². The Morgan fingerprint density at radius 1 is 0.900 bits per heavy atom. The molecule has 0 radical (unpaired) electrons. The van der Waals surface area contributed by atoms with Crippen molar-refractivity contribution in [1.29, 1.82) is 0 Å². The fourth-order valence-corrected chi connectivity index (χ4v) is 4.42. The number of unbranched alkanes of at least 4 members (excludes halogenated alkanes) is 1. The third kappa shape index (κ3) is 6.86. The van der Waals surface area contributed by atoms with Crippen LogP contribution >= 0.6 is 23.2 Å². The Morgan fingerprint density at radius 2 is 1.57 bits per heavy atom. The number of anilines is 2. The van der Waals surface area contributed by atoms with Gasteiger partial charge in [-0.15, -0.1) is 0 Å². The second kappa shape index (κ2) is 13.2. The number of aryl methyl sites for hydroxylation is 1. The van der Waals surface area contributed by atoms with Crippen molar-refractivity contribution < 1.29 is 9.59 Å². The molecule has 0 saturated heterocycles. The highest BCUT2D eigenvalue weighted by Crippen LogP contribution is 2.29. The number of nitrogens with zero attached hydrogens (tertiary/aromatic N) is 3. The molecule has 40 heavy (non-hydrogen) atoms. The van der Waals surface area contributed by atoms with Crippen molar-refractivity contribution in [3.63, 3.8) is 0 Å². The second-order valence-corrected chi connectivity index (χ2v) is 9.71. The van der Waals surface area contributed by atoms with E-state index in [4.69, 9.17) is 23.2 Å². The summed E-state index contributed by atoms with van der Waals surface area (Å²) in [5, 5.41) is 12.9. The van der Waals surface area contributed by atoms with E-state index < -0.39 is 11.6 Å². The predicted molar refractivity (Wildman–Crippen MR) is 159 cm³/mol. The van der Waals surface area contributed by atoms with Gasteiger partial charge in [-0.3, -0.25) is 14.6 Å². The molecule has 0 aliphatic carbocycles. The number of halogens is 2. The zero-order valence-corrected chi connectivity index (χ0v) is 23.5. The topological polar surface area (TPSA) is 118 Å². The highest BCUT2D eigenvalue weighted by atomic mass is 35.5. The van der Waals surface area contributed by atoms with Gasteiger partial charge in [0.1, 0.15) is 5.69 Å². The fourth-order valence-electron chi connectivity index (χ4n) is 3.96. The first-order chi connectivity index (χ1) is 19.3. The van der Waals surface area contributed by atoms with E-state index >= 15 is 0 Å². The monoisotopic (exact) mass is 578 g/mol. The first kappa shape index (κ1) is 28.8. The van der Waals surface area contributed by atoms with Crippen LogP contribution in [0, 0.1) is 0 Å². The van der Waals surface area contributed by atoms with E-state index in [0.29, 0.717) is 24.3 Å². The summed E-state index contributed by atoms with van der Waals surface area (Å²) >= 11 is 12.2. The van der Waals surface area contributed by atoms with Gasteiger partial charge in [-0.25, -0.2) is 9.48 Å². The molecule has 0 atom stereocenters. The molecule has 2 aromatic carbocycles. The van der Waals surface area contributed by atoms with Gasteiger partial charge in [-0.1, -0.05) is 66.9 Å². The Hall–Kier alpha value is -4.21. The zero-order valence-electron chi connectivity index (χ0n) is 22.0. The Balaban J connectivity index is 1.62. The van der Waals surface area contributed by atoms with Crippen LogP contribution in [0.2, 0.25) is 10.0 Å². The highest BCUT2D eigenvalue weighted by molar-refractivity contribution is 6.39. The van der Waals surface area contributed by atoms with Crippen LogP contribution in [0.1, 0.15) is 37.0 Å².